The quantitative estimate of drug-likeness (QED) is 0.441. The Bertz CT molecular complexity index is 1470. The van der Waals surface area contributed by atoms with Crippen LogP contribution in [0.25, 0.3) is 38.9 Å². The summed E-state index contributed by atoms with van der Waals surface area (Å²) in [6, 6.07) is 20.6. The van der Waals surface area contributed by atoms with Crippen LogP contribution in [0.5, 0.6) is 0 Å². The largest absolute Gasteiger partial charge is 0.391 e. The van der Waals surface area contributed by atoms with Crippen molar-refractivity contribution < 1.29 is 0 Å². The molecule has 2 aromatic carbocycles. The van der Waals surface area contributed by atoms with Crippen LogP contribution in [0.4, 0.5) is 5.82 Å². The van der Waals surface area contributed by atoms with E-state index in [9.17, 15) is 0 Å². The summed E-state index contributed by atoms with van der Waals surface area (Å²) in [4.78, 5) is 14.3. The molecule has 156 valence electrons. The first-order valence-corrected chi connectivity index (χ1v) is 10.8. The number of fused-ring (bicyclic) bond motifs is 2. The summed E-state index contributed by atoms with van der Waals surface area (Å²) in [6.07, 6.45) is 8.97. The summed E-state index contributed by atoms with van der Waals surface area (Å²) in [5.74, 6) is 0.753. The Hall–Kier alpha value is -4.19. The van der Waals surface area contributed by atoms with Crippen molar-refractivity contribution in [3.63, 3.8) is 0 Å². The number of hydrogen-bond acceptors (Lipinski definition) is 5. The topological polar surface area (TPSA) is 81.1 Å². The number of rotatable bonds is 3. The standard InChI is InChI=1S/C26H22N6/c27-26-25-24(29-16-32(25)15-23(31-26)19-10-12-28-13-11-19)20-7-6-18-8-9-21(30-22(18)14-20)17-4-2-1-3-5-17/h1-10,12,14-16,19,28H,11,13H2,(H2,27,31). The monoisotopic (exact) mass is 418 g/mol. The fourth-order valence-electron chi connectivity index (χ4n) is 4.35. The van der Waals surface area contributed by atoms with Crippen LogP contribution in [0.1, 0.15) is 18.0 Å². The van der Waals surface area contributed by atoms with Gasteiger partial charge in [0.25, 0.3) is 0 Å². The number of imidazole rings is 1. The first-order valence-electron chi connectivity index (χ1n) is 10.8. The summed E-state index contributed by atoms with van der Waals surface area (Å²) >= 11 is 0. The average Bonchev–Trinajstić information content (AvgIpc) is 3.29. The number of hydrogen-bond donors (Lipinski definition) is 2. The predicted molar refractivity (Wildman–Crippen MR) is 128 cm³/mol. The molecule has 6 nitrogen and oxygen atoms in total. The fourth-order valence-corrected chi connectivity index (χ4v) is 4.35. The number of allylic oxidation sites excluding steroid dienone is 1. The average molecular weight is 419 g/mol. The second-order valence-corrected chi connectivity index (χ2v) is 8.08. The molecule has 0 saturated heterocycles. The third-order valence-electron chi connectivity index (χ3n) is 6.02. The van der Waals surface area contributed by atoms with Crippen molar-refractivity contribution in [2.45, 2.75) is 12.3 Å². The van der Waals surface area contributed by atoms with Crippen molar-refractivity contribution in [3.8, 4) is 22.5 Å². The molecule has 32 heavy (non-hydrogen) atoms. The van der Waals surface area contributed by atoms with Crippen LogP contribution in [0, 0.1) is 0 Å². The Kier molecular flexibility index (Phi) is 4.35. The number of nitrogens with zero attached hydrogens (tertiary/aromatic N) is 4. The van der Waals surface area contributed by atoms with Crippen molar-refractivity contribution in [2.75, 3.05) is 12.3 Å². The summed E-state index contributed by atoms with van der Waals surface area (Å²) in [7, 11) is 0. The van der Waals surface area contributed by atoms with Crippen molar-refractivity contribution in [2.24, 2.45) is 0 Å². The van der Waals surface area contributed by atoms with Gasteiger partial charge in [-0.3, -0.25) is 0 Å². The molecular weight excluding hydrogens is 396 g/mol. The van der Waals surface area contributed by atoms with E-state index in [1.54, 1.807) is 0 Å². The summed E-state index contributed by atoms with van der Waals surface area (Å²) in [6.45, 7) is 0.936. The molecular formula is C26H22N6. The van der Waals surface area contributed by atoms with Gasteiger partial charge in [-0.15, -0.1) is 0 Å². The number of benzene rings is 2. The molecule has 0 radical (unpaired) electrons. The van der Waals surface area contributed by atoms with E-state index in [-0.39, 0.29) is 5.92 Å². The molecule has 6 heteroatoms. The minimum atomic E-state index is 0.259. The van der Waals surface area contributed by atoms with E-state index in [2.05, 4.69) is 58.8 Å². The lowest BCUT2D eigenvalue weighted by molar-refractivity contribution is 0.642. The normalized spacial score (nSPS) is 15.8. The lowest BCUT2D eigenvalue weighted by Gasteiger charge is -2.17. The van der Waals surface area contributed by atoms with E-state index in [0.717, 1.165) is 57.6 Å². The molecule has 0 bridgehead atoms. The van der Waals surface area contributed by atoms with E-state index in [1.807, 2.05) is 41.3 Å². The molecule has 0 saturated carbocycles. The highest BCUT2D eigenvalue weighted by Crippen LogP contribution is 2.31. The maximum Gasteiger partial charge on any atom is 0.150 e. The van der Waals surface area contributed by atoms with Crippen LogP contribution in [0.2, 0.25) is 0 Å². The maximum absolute atomic E-state index is 6.43. The zero-order chi connectivity index (χ0) is 21.5. The molecule has 3 aromatic heterocycles. The van der Waals surface area contributed by atoms with Crippen LogP contribution in [-0.2, 0) is 0 Å². The Morgan fingerprint density at radius 2 is 1.84 bits per heavy atom. The molecule has 0 spiro atoms. The highest BCUT2D eigenvalue weighted by Gasteiger charge is 2.18. The molecule has 0 amide bonds. The van der Waals surface area contributed by atoms with Crippen LogP contribution in [0.15, 0.2) is 85.5 Å². The van der Waals surface area contributed by atoms with Gasteiger partial charge in [-0.1, -0.05) is 54.6 Å². The number of anilines is 1. The van der Waals surface area contributed by atoms with Gasteiger partial charge in [-0.05, 0) is 24.8 Å². The number of nitrogens with one attached hydrogen (secondary N) is 1. The van der Waals surface area contributed by atoms with E-state index in [1.165, 1.54) is 0 Å². The lowest BCUT2D eigenvalue weighted by atomic mass is 9.99. The summed E-state index contributed by atoms with van der Waals surface area (Å²) in [5.41, 5.74) is 13.0. The number of nitrogen functional groups attached to an aromatic ring is 1. The van der Waals surface area contributed by atoms with Crippen molar-refractivity contribution in [3.05, 3.63) is 91.2 Å². The third-order valence-corrected chi connectivity index (χ3v) is 6.02. The number of aromatic nitrogens is 4. The number of nitrogens with two attached hydrogens (primary N) is 1. The minimum Gasteiger partial charge on any atom is -0.391 e. The zero-order valence-electron chi connectivity index (χ0n) is 17.4. The van der Waals surface area contributed by atoms with E-state index in [0.29, 0.717) is 5.82 Å². The predicted octanol–water partition coefficient (Wildman–Crippen LogP) is 4.78. The van der Waals surface area contributed by atoms with Gasteiger partial charge in [0.05, 0.1) is 22.6 Å². The molecule has 6 rings (SSSR count). The van der Waals surface area contributed by atoms with Crippen molar-refractivity contribution in [1.29, 1.82) is 0 Å². The van der Waals surface area contributed by atoms with Crippen LogP contribution in [-0.4, -0.2) is 25.9 Å². The lowest BCUT2D eigenvalue weighted by Crippen LogP contribution is -2.17. The SMILES string of the molecule is Nc1nc(C2C=CNCC2)cn2cnc(-c3ccc4ccc(-c5ccccc5)nc4c3)c12. The second kappa shape index (κ2) is 7.50. The van der Waals surface area contributed by atoms with Gasteiger partial charge >= 0.3 is 0 Å². The van der Waals surface area contributed by atoms with Gasteiger partial charge in [0, 0.05) is 35.2 Å². The number of pyridine rings is 1. The Labute approximate surface area is 185 Å². The summed E-state index contributed by atoms with van der Waals surface area (Å²) in [5, 5.41) is 4.31. The van der Waals surface area contributed by atoms with Gasteiger partial charge in [0.15, 0.2) is 0 Å². The van der Waals surface area contributed by atoms with Gasteiger partial charge in [-0.25, -0.2) is 15.0 Å². The first-order chi connectivity index (χ1) is 15.8. The molecule has 1 unspecified atom stereocenters. The molecule has 0 fully saturated rings. The minimum absolute atomic E-state index is 0.259. The van der Waals surface area contributed by atoms with Crippen LogP contribution < -0.4 is 11.1 Å². The smallest absolute Gasteiger partial charge is 0.150 e. The first kappa shape index (κ1) is 18.6. The highest BCUT2D eigenvalue weighted by molar-refractivity contribution is 5.91. The Morgan fingerprint density at radius 3 is 2.69 bits per heavy atom. The van der Waals surface area contributed by atoms with Gasteiger partial charge < -0.3 is 15.5 Å². The molecule has 0 aliphatic carbocycles. The van der Waals surface area contributed by atoms with Gasteiger partial charge in [0.2, 0.25) is 0 Å². The van der Waals surface area contributed by atoms with E-state index < -0.39 is 0 Å². The third kappa shape index (κ3) is 3.17. The van der Waals surface area contributed by atoms with Crippen molar-refractivity contribution in [1.82, 2.24) is 24.7 Å². The van der Waals surface area contributed by atoms with Gasteiger partial charge in [0.1, 0.15) is 17.7 Å². The van der Waals surface area contributed by atoms with Crippen LogP contribution >= 0.6 is 0 Å². The second-order valence-electron chi connectivity index (χ2n) is 8.08. The molecule has 4 heterocycles. The molecule has 1 atom stereocenters. The van der Waals surface area contributed by atoms with E-state index >= 15 is 0 Å². The van der Waals surface area contributed by atoms with E-state index in [4.69, 9.17) is 15.7 Å². The van der Waals surface area contributed by atoms with Gasteiger partial charge in [-0.2, -0.15) is 0 Å². The maximum atomic E-state index is 6.43. The Morgan fingerprint density at radius 1 is 0.969 bits per heavy atom. The molecule has 1 aliphatic heterocycles. The fraction of sp³-hybridized carbons (Fsp3) is 0.115. The zero-order valence-corrected chi connectivity index (χ0v) is 17.4. The molecule has 1 aliphatic rings. The van der Waals surface area contributed by atoms with Crippen molar-refractivity contribution >= 4 is 22.2 Å². The highest BCUT2D eigenvalue weighted by atomic mass is 15.0. The van der Waals surface area contributed by atoms with Crippen LogP contribution in [0.3, 0.4) is 0 Å². The molecule has 5 aromatic rings. The molecule has 3 N–H and O–H groups in total. The Balaban J connectivity index is 1.44. The summed E-state index contributed by atoms with van der Waals surface area (Å²) < 4.78 is 1.99.